The van der Waals surface area contributed by atoms with Crippen LogP contribution < -0.4 is 4.74 Å². The summed E-state index contributed by atoms with van der Waals surface area (Å²) in [4.78, 5) is 34.5. The molecule has 0 N–H and O–H groups in total. The Morgan fingerprint density at radius 3 is 2.56 bits per heavy atom. The molecule has 8 heteroatoms. The van der Waals surface area contributed by atoms with E-state index < -0.39 is 29.1 Å². The Hall–Kier alpha value is -3.29. The van der Waals surface area contributed by atoms with Gasteiger partial charge in [0.2, 0.25) is 5.78 Å². The zero-order valence-corrected chi connectivity index (χ0v) is 13.4. The van der Waals surface area contributed by atoms with Gasteiger partial charge in [-0.05, 0) is 31.2 Å². The Kier molecular flexibility index (Phi) is 5.43. The van der Waals surface area contributed by atoms with E-state index in [4.69, 9.17) is 9.47 Å². The van der Waals surface area contributed by atoms with Crippen molar-refractivity contribution in [2.45, 2.75) is 6.92 Å². The fourth-order valence-electron chi connectivity index (χ4n) is 2.23. The number of nitrogens with zero attached hydrogens (tertiary/aromatic N) is 1. The van der Waals surface area contributed by atoms with Crippen molar-refractivity contribution in [3.05, 3.63) is 69.0 Å². The van der Waals surface area contributed by atoms with Crippen molar-refractivity contribution >= 4 is 17.4 Å². The summed E-state index contributed by atoms with van der Waals surface area (Å²) < 4.78 is 23.2. The number of hydrogen-bond acceptors (Lipinski definition) is 6. The van der Waals surface area contributed by atoms with E-state index >= 15 is 0 Å². The first-order valence-electron chi connectivity index (χ1n) is 7.13. The van der Waals surface area contributed by atoms with Gasteiger partial charge in [0.15, 0.2) is 6.61 Å². The van der Waals surface area contributed by atoms with E-state index in [9.17, 15) is 24.1 Å². The summed E-state index contributed by atoms with van der Waals surface area (Å²) in [5.41, 5.74) is -0.180. The molecule has 0 aromatic heterocycles. The summed E-state index contributed by atoms with van der Waals surface area (Å²) >= 11 is 0. The SMILES string of the molecule is COc1ccc(F)cc1C(=O)COC(=O)c1cccc([N+](=O)[O-])c1C. The first kappa shape index (κ1) is 18.1. The molecule has 0 amide bonds. The molecule has 2 aromatic carbocycles. The molecule has 0 unspecified atom stereocenters. The van der Waals surface area contributed by atoms with Crippen molar-refractivity contribution in [1.82, 2.24) is 0 Å². The number of rotatable bonds is 6. The van der Waals surface area contributed by atoms with Crippen LogP contribution in [0.5, 0.6) is 5.75 Å². The lowest BCUT2D eigenvalue weighted by Crippen LogP contribution is -2.16. The molecule has 0 aliphatic rings. The van der Waals surface area contributed by atoms with Gasteiger partial charge in [-0.1, -0.05) is 6.07 Å². The smallest absolute Gasteiger partial charge is 0.339 e. The molecule has 130 valence electrons. The average Bonchev–Trinajstić information content (AvgIpc) is 2.59. The number of ketones is 1. The van der Waals surface area contributed by atoms with E-state index in [-0.39, 0.29) is 28.1 Å². The van der Waals surface area contributed by atoms with Gasteiger partial charge in [0.05, 0.1) is 23.2 Å². The predicted molar refractivity (Wildman–Crippen MR) is 85.4 cm³/mol. The average molecular weight is 347 g/mol. The quantitative estimate of drug-likeness (QED) is 0.345. The molecule has 0 saturated carbocycles. The highest BCUT2D eigenvalue weighted by atomic mass is 19.1. The van der Waals surface area contributed by atoms with Gasteiger partial charge in [-0.25, -0.2) is 9.18 Å². The molecular formula is C17H14FNO6. The number of ether oxygens (including phenoxy) is 2. The van der Waals surface area contributed by atoms with E-state index in [2.05, 4.69) is 0 Å². The standard InChI is InChI=1S/C17H14FNO6/c1-10-12(4-3-5-14(10)19(22)23)17(21)25-9-15(20)13-8-11(18)6-7-16(13)24-2/h3-8H,9H2,1-2H3. The van der Waals surface area contributed by atoms with Crippen LogP contribution in [0, 0.1) is 22.9 Å². The van der Waals surface area contributed by atoms with Crippen LogP contribution in [0.25, 0.3) is 0 Å². The van der Waals surface area contributed by atoms with Gasteiger partial charge >= 0.3 is 5.97 Å². The Labute approximate surface area is 142 Å². The Bertz CT molecular complexity index is 849. The largest absolute Gasteiger partial charge is 0.496 e. The highest BCUT2D eigenvalue weighted by Gasteiger charge is 2.21. The number of nitro benzene ring substituents is 1. The maximum atomic E-state index is 13.3. The van der Waals surface area contributed by atoms with Gasteiger partial charge in [0, 0.05) is 11.6 Å². The van der Waals surface area contributed by atoms with Crippen molar-refractivity contribution in [3.8, 4) is 5.75 Å². The number of methoxy groups -OCH3 is 1. The third-order valence-electron chi connectivity index (χ3n) is 3.52. The summed E-state index contributed by atoms with van der Waals surface area (Å²) in [5, 5.41) is 10.9. The van der Waals surface area contributed by atoms with Crippen molar-refractivity contribution < 1.29 is 28.4 Å². The lowest BCUT2D eigenvalue weighted by atomic mass is 10.1. The lowest BCUT2D eigenvalue weighted by molar-refractivity contribution is -0.385. The third-order valence-corrected chi connectivity index (χ3v) is 3.52. The lowest BCUT2D eigenvalue weighted by Gasteiger charge is -2.09. The zero-order valence-electron chi connectivity index (χ0n) is 13.4. The molecule has 0 radical (unpaired) electrons. The molecule has 2 rings (SSSR count). The molecule has 0 heterocycles. The van der Waals surface area contributed by atoms with Gasteiger partial charge < -0.3 is 9.47 Å². The third kappa shape index (κ3) is 3.97. The molecule has 0 spiro atoms. The highest BCUT2D eigenvalue weighted by molar-refractivity contribution is 6.01. The fourth-order valence-corrected chi connectivity index (χ4v) is 2.23. The van der Waals surface area contributed by atoms with Crippen molar-refractivity contribution in [2.24, 2.45) is 0 Å². The second-order valence-corrected chi connectivity index (χ2v) is 5.05. The molecule has 0 bridgehead atoms. The minimum atomic E-state index is -0.884. The summed E-state index contributed by atoms with van der Waals surface area (Å²) in [5.74, 6) is -2.03. The van der Waals surface area contributed by atoms with Crippen molar-refractivity contribution in [3.63, 3.8) is 0 Å². The molecule has 7 nitrogen and oxygen atoms in total. The van der Waals surface area contributed by atoms with E-state index in [1.54, 1.807) is 0 Å². The van der Waals surface area contributed by atoms with E-state index in [1.807, 2.05) is 0 Å². The Balaban J connectivity index is 2.15. The van der Waals surface area contributed by atoms with Crippen LogP contribution in [0.1, 0.15) is 26.3 Å². The predicted octanol–water partition coefficient (Wildman–Crippen LogP) is 3.09. The van der Waals surface area contributed by atoms with Gasteiger partial charge in [-0.2, -0.15) is 0 Å². The van der Waals surface area contributed by atoms with Crippen LogP contribution in [0.3, 0.4) is 0 Å². The van der Waals surface area contributed by atoms with Gasteiger partial charge in [-0.15, -0.1) is 0 Å². The zero-order chi connectivity index (χ0) is 18.6. The maximum Gasteiger partial charge on any atom is 0.339 e. The number of Topliss-reactive ketones (excluding diaryl/α,β-unsaturated/α-hetero) is 1. The topological polar surface area (TPSA) is 95.7 Å². The van der Waals surface area contributed by atoms with Gasteiger partial charge in [-0.3, -0.25) is 14.9 Å². The number of carbonyl (C=O) groups is 2. The van der Waals surface area contributed by atoms with Crippen LogP contribution in [-0.2, 0) is 4.74 Å². The van der Waals surface area contributed by atoms with E-state index in [0.29, 0.717) is 0 Å². The molecular weight excluding hydrogens is 333 g/mol. The molecule has 2 aromatic rings. The number of nitro groups is 1. The maximum absolute atomic E-state index is 13.3. The fraction of sp³-hybridized carbons (Fsp3) is 0.176. The second kappa shape index (κ2) is 7.52. The monoisotopic (exact) mass is 347 g/mol. The van der Waals surface area contributed by atoms with Gasteiger partial charge in [0.1, 0.15) is 11.6 Å². The minimum absolute atomic E-state index is 0.0202. The number of hydrogen-bond donors (Lipinski definition) is 0. The summed E-state index contributed by atoms with van der Waals surface area (Å²) in [7, 11) is 1.32. The number of benzene rings is 2. The normalized spacial score (nSPS) is 10.2. The molecule has 25 heavy (non-hydrogen) atoms. The summed E-state index contributed by atoms with van der Waals surface area (Å²) in [6.07, 6.45) is 0. The van der Waals surface area contributed by atoms with Crippen LogP contribution in [0.4, 0.5) is 10.1 Å². The van der Waals surface area contributed by atoms with Crippen LogP contribution in [-0.4, -0.2) is 30.4 Å². The molecule has 0 atom stereocenters. The number of esters is 1. The Morgan fingerprint density at radius 2 is 1.92 bits per heavy atom. The van der Waals surface area contributed by atoms with Gasteiger partial charge in [0.25, 0.3) is 5.69 Å². The molecule has 0 fully saturated rings. The van der Waals surface area contributed by atoms with Crippen LogP contribution in [0.15, 0.2) is 36.4 Å². The summed E-state index contributed by atoms with van der Waals surface area (Å²) in [6, 6.07) is 7.36. The second-order valence-electron chi connectivity index (χ2n) is 5.05. The first-order valence-corrected chi connectivity index (χ1v) is 7.13. The first-order chi connectivity index (χ1) is 11.8. The van der Waals surface area contributed by atoms with Crippen LogP contribution in [0.2, 0.25) is 0 Å². The molecule has 0 aliphatic carbocycles. The Morgan fingerprint density at radius 1 is 1.20 bits per heavy atom. The number of halogens is 1. The van der Waals surface area contributed by atoms with E-state index in [0.717, 1.165) is 12.1 Å². The van der Waals surface area contributed by atoms with Crippen LogP contribution >= 0.6 is 0 Å². The summed E-state index contributed by atoms with van der Waals surface area (Å²) in [6.45, 7) is 0.757. The van der Waals surface area contributed by atoms with Crippen molar-refractivity contribution in [2.75, 3.05) is 13.7 Å². The van der Waals surface area contributed by atoms with E-state index in [1.165, 1.54) is 38.3 Å². The minimum Gasteiger partial charge on any atom is -0.496 e. The highest BCUT2D eigenvalue weighted by Crippen LogP contribution is 2.23. The molecule has 0 aliphatic heterocycles. The molecule has 0 saturated heterocycles. The van der Waals surface area contributed by atoms with Crippen molar-refractivity contribution in [1.29, 1.82) is 0 Å². The number of carbonyl (C=O) groups excluding carboxylic acids is 2.